The Hall–Kier alpha value is -1.71. The number of urea groups is 1. The number of carbonyl (C=O) groups excluding carboxylic acids is 3. The minimum atomic E-state index is -1.27. The Morgan fingerprint density at radius 3 is 2.55 bits per heavy atom. The number of imide groups is 1. The zero-order chi connectivity index (χ0) is 14.6. The van der Waals surface area contributed by atoms with Gasteiger partial charge in [-0.3, -0.25) is 14.9 Å². The summed E-state index contributed by atoms with van der Waals surface area (Å²) in [6, 6.07) is -3.29. The number of amides is 4. The molecule has 0 bridgehead atoms. The second kappa shape index (κ2) is 4.40. The fourth-order valence-corrected chi connectivity index (χ4v) is 3.22. The average Bonchev–Trinajstić information content (AvgIpc) is 2.64. The SMILES string of the molecule is O=C1CC2C(=O)N3[C@H](CO)C(O)C(O)[C@@H]3CN2C(=O)N1. The number of hydrogen-bond donors (Lipinski definition) is 4. The first-order valence-corrected chi connectivity index (χ1v) is 6.35. The van der Waals surface area contributed by atoms with Crippen molar-refractivity contribution < 1.29 is 29.7 Å². The van der Waals surface area contributed by atoms with Crippen LogP contribution < -0.4 is 5.32 Å². The summed E-state index contributed by atoms with van der Waals surface area (Å²) in [5.41, 5.74) is 0. The van der Waals surface area contributed by atoms with Gasteiger partial charge in [-0.15, -0.1) is 0 Å². The molecule has 3 unspecified atom stereocenters. The largest absolute Gasteiger partial charge is 0.394 e. The predicted molar refractivity (Wildman–Crippen MR) is 62.2 cm³/mol. The van der Waals surface area contributed by atoms with Gasteiger partial charge in [0.05, 0.1) is 25.1 Å². The van der Waals surface area contributed by atoms with Crippen molar-refractivity contribution in [1.82, 2.24) is 15.1 Å². The lowest BCUT2D eigenvalue weighted by atomic mass is 10.0. The molecule has 0 spiro atoms. The van der Waals surface area contributed by atoms with Crippen LogP contribution in [0.25, 0.3) is 0 Å². The fourth-order valence-electron chi connectivity index (χ4n) is 3.22. The molecule has 3 aliphatic rings. The molecule has 3 aliphatic heterocycles. The van der Waals surface area contributed by atoms with Gasteiger partial charge in [0.1, 0.15) is 18.2 Å². The normalized spacial score (nSPS) is 40.5. The summed E-state index contributed by atoms with van der Waals surface area (Å²) >= 11 is 0. The summed E-state index contributed by atoms with van der Waals surface area (Å²) in [7, 11) is 0. The van der Waals surface area contributed by atoms with Crippen molar-refractivity contribution >= 4 is 17.8 Å². The van der Waals surface area contributed by atoms with Crippen molar-refractivity contribution in [3.63, 3.8) is 0 Å². The Bertz CT molecular complexity index is 483. The van der Waals surface area contributed by atoms with Gasteiger partial charge >= 0.3 is 6.03 Å². The third-order valence-electron chi connectivity index (χ3n) is 4.23. The topological polar surface area (TPSA) is 130 Å². The van der Waals surface area contributed by atoms with Crippen molar-refractivity contribution in [2.75, 3.05) is 13.2 Å². The van der Waals surface area contributed by atoms with Crippen molar-refractivity contribution in [1.29, 1.82) is 0 Å². The standard InChI is InChI=1S/C11H15N3O6/c15-3-6-9(18)8(17)5-2-13-4(10(19)14(5)6)1-7(16)12-11(13)20/h4-6,8-9,15,17-18H,1-3H2,(H,12,16,20)/t4?,5-,6+,8?,9?/m0/s1. The Morgan fingerprint density at radius 1 is 1.20 bits per heavy atom. The molecule has 0 radical (unpaired) electrons. The van der Waals surface area contributed by atoms with Crippen LogP contribution in [0.3, 0.4) is 0 Å². The third kappa shape index (κ3) is 1.63. The molecule has 0 aromatic heterocycles. The van der Waals surface area contributed by atoms with Crippen LogP contribution in [0.1, 0.15) is 6.42 Å². The molecule has 3 fully saturated rings. The molecule has 110 valence electrons. The van der Waals surface area contributed by atoms with Gasteiger partial charge in [-0.25, -0.2) is 4.79 Å². The number of hydrogen-bond acceptors (Lipinski definition) is 6. The van der Waals surface area contributed by atoms with E-state index in [2.05, 4.69) is 5.32 Å². The molecule has 0 aliphatic carbocycles. The van der Waals surface area contributed by atoms with E-state index >= 15 is 0 Å². The molecule has 3 heterocycles. The Balaban J connectivity index is 1.94. The van der Waals surface area contributed by atoms with Crippen LogP contribution in [0.5, 0.6) is 0 Å². The number of nitrogens with zero attached hydrogens (tertiary/aromatic N) is 2. The van der Waals surface area contributed by atoms with Gasteiger partial charge in [0, 0.05) is 6.54 Å². The van der Waals surface area contributed by atoms with Crippen LogP contribution in [0.4, 0.5) is 4.79 Å². The maximum Gasteiger partial charge on any atom is 0.324 e. The number of carbonyl (C=O) groups is 3. The van der Waals surface area contributed by atoms with Crippen LogP contribution in [0.15, 0.2) is 0 Å². The van der Waals surface area contributed by atoms with Crippen molar-refractivity contribution in [2.45, 2.75) is 36.8 Å². The quantitative estimate of drug-likeness (QED) is 0.397. The molecule has 20 heavy (non-hydrogen) atoms. The lowest BCUT2D eigenvalue weighted by Crippen LogP contribution is -2.69. The number of aliphatic hydroxyl groups excluding tert-OH is 3. The average molecular weight is 285 g/mol. The summed E-state index contributed by atoms with van der Waals surface area (Å²) in [5.74, 6) is -1.07. The Kier molecular flexibility index (Phi) is 2.92. The molecule has 3 saturated heterocycles. The van der Waals surface area contributed by atoms with Crippen LogP contribution in [-0.2, 0) is 9.59 Å². The van der Waals surface area contributed by atoms with Crippen molar-refractivity contribution in [3.05, 3.63) is 0 Å². The van der Waals surface area contributed by atoms with Crippen molar-refractivity contribution in [2.24, 2.45) is 0 Å². The molecule has 4 N–H and O–H groups in total. The highest BCUT2D eigenvalue weighted by molar-refractivity contribution is 6.03. The molecule has 4 amide bonds. The molecule has 9 heteroatoms. The van der Waals surface area contributed by atoms with Gasteiger partial charge in [-0.2, -0.15) is 0 Å². The van der Waals surface area contributed by atoms with Gasteiger partial charge in [0.25, 0.3) is 0 Å². The number of fused-ring (bicyclic) bond motifs is 2. The second-order valence-electron chi connectivity index (χ2n) is 5.27. The van der Waals surface area contributed by atoms with E-state index in [1.807, 2.05) is 0 Å². The lowest BCUT2D eigenvalue weighted by molar-refractivity contribution is -0.150. The zero-order valence-electron chi connectivity index (χ0n) is 10.5. The number of rotatable bonds is 1. The third-order valence-corrected chi connectivity index (χ3v) is 4.23. The van der Waals surface area contributed by atoms with Gasteiger partial charge in [0.15, 0.2) is 0 Å². The molecule has 0 saturated carbocycles. The lowest BCUT2D eigenvalue weighted by Gasteiger charge is -2.45. The van der Waals surface area contributed by atoms with Gasteiger partial charge in [0.2, 0.25) is 11.8 Å². The van der Waals surface area contributed by atoms with Gasteiger partial charge in [-0.05, 0) is 0 Å². The monoisotopic (exact) mass is 285 g/mol. The molecule has 5 atom stereocenters. The first-order valence-electron chi connectivity index (χ1n) is 6.35. The predicted octanol–water partition coefficient (Wildman–Crippen LogP) is -3.40. The summed E-state index contributed by atoms with van der Waals surface area (Å²) in [6.45, 7) is -0.475. The molecule has 9 nitrogen and oxygen atoms in total. The summed E-state index contributed by atoms with van der Waals surface area (Å²) in [4.78, 5) is 37.9. The highest BCUT2D eigenvalue weighted by Crippen LogP contribution is 2.33. The van der Waals surface area contributed by atoms with Crippen molar-refractivity contribution in [3.8, 4) is 0 Å². The van der Waals surface area contributed by atoms with E-state index < -0.39 is 54.8 Å². The van der Waals surface area contributed by atoms with E-state index in [1.54, 1.807) is 0 Å². The first-order chi connectivity index (χ1) is 9.45. The number of nitrogens with one attached hydrogen (secondary N) is 1. The summed E-state index contributed by atoms with van der Waals surface area (Å²) in [6.07, 6.45) is -2.66. The summed E-state index contributed by atoms with van der Waals surface area (Å²) < 4.78 is 0. The van der Waals surface area contributed by atoms with E-state index in [4.69, 9.17) is 0 Å². The van der Waals surface area contributed by atoms with Crippen LogP contribution in [0.2, 0.25) is 0 Å². The Labute approximate surface area is 113 Å². The smallest absolute Gasteiger partial charge is 0.324 e. The van der Waals surface area contributed by atoms with Crippen LogP contribution in [-0.4, -0.2) is 86.4 Å². The minimum Gasteiger partial charge on any atom is -0.394 e. The highest BCUT2D eigenvalue weighted by Gasteiger charge is 2.57. The maximum atomic E-state index is 12.4. The summed E-state index contributed by atoms with van der Waals surface area (Å²) in [5, 5.41) is 31.2. The van der Waals surface area contributed by atoms with E-state index in [-0.39, 0.29) is 13.0 Å². The molecular weight excluding hydrogens is 270 g/mol. The maximum absolute atomic E-state index is 12.4. The first kappa shape index (κ1) is 13.3. The van der Waals surface area contributed by atoms with Gasteiger partial charge < -0.3 is 25.1 Å². The molecular formula is C11H15N3O6. The minimum absolute atomic E-state index is 0.0181. The van der Waals surface area contributed by atoms with E-state index in [0.29, 0.717) is 0 Å². The molecule has 0 aromatic rings. The fraction of sp³-hybridized carbons (Fsp3) is 0.727. The second-order valence-corrected chi connectivity index (χ2v) is 5.27. The van der Waals surface area contributed by atoms with Crippen LogP contribution in [0, 0.1) is 0 Å². The van der Waals surface area contributed by atoms with Gasteiger partial charge in [-0.1, -0.05) is 0 Å². The van der Waals surface area contributed by atoms with E-state index in [1.165, 1.54) is 9.80 Å². The van der Waals surface area contributed by atoms with E-state index in [0.717, 1.165) is 0 Å². The highest BCUT2D eigenvalue weighted by atomic mass is 16.3. The van der Waals surface area contributed by atoms with Crippen LogP contribution >= 0.6 is 0 Å². The molecule has 3 rings (SSSR count). The number of piperazine rings is 1. The number of aliphatic hydroxyl groups is 3. The van der Waals surface area contributed by atoms with E-state index in [9.17, 15) is 29.7 Å². The zero-order valence-corrected chi connectivity index (χ0v) is 10.5. The Morgan fingerprint density at radius 2 is 1.90 bits per heavy atom. The molecule has 0 aromatic carbocycles.